The summed E-state index contributed by atoms with van der Waals surface area (Å²) in [5, 5.41) is -1.87. The SMILES string of the molecule is O=C(Cl)c1ccc(B2OB(c3ccc(C(=O)Cl)c(Cl)c3)OB(c3ccc(C(=O)Cl)c(Cl)c3)O2)cc1Cl. The van der Waals surface area contributed by atoms with Crippen LogP contribution in [0.25, 0.3) is 0 Å². The largest absolute Gasteiger partial charge is 0.467 e. The molecule has 3 aromatic carbocycles. The Hall–Kier alpha value is -1.52. The zero-order chi connectivity index (χ0) is 26.1. The number of rotatable bonds is 6. The monoisotopic (exact) mass is 600 g/mol. The third-order valence-corrected chi connectivity index (χ3v) is 6.72. The smallest absolute Gasteiger partial charge is 0.445 e. The summed E-state index contributed by atoms with van der Waals surface area (Å²) < 4.78 is 18.0. The van der Waals surface area contributed by atoms with Gasteiger partial charge in [-0.05, 0) is 87.6 Å². The summed E-state index contributed by atoms with van der Waals surface area (Å²) in [4.78, 5) is 34.6. The zero-order valence-corrected chi connectivity index (χ0v) is 22.2. The van der Waals surface area contributed by atoms with Gasteiger partial charge >= 0.3 is 21.4 Å². The molecule has 1 aliphatic heterocycles. The molecule has 0 spiro atoms. The van der Waals surface area contributed by atoms with E-state index in [1.54, 1.807) is 18.2 Å². The van der Waals surface area contributed by atoms with Crippen LogP contribution in [-0.4, -0.2) is 37.1 Å². The van der Waals surface area contributed by atoms with E-state index >= 15 is 0 Å². The summed E-state index contributed by atoms with van der Waals surface area (Å²) in [5.41, 5.74) is 1.71. The second-order valence-corrected chi connectivity index (χ2v) is 9.69. The highest BCUT2D eigenvalue weighted by Crippen LogP contribution is 2.22. The number of carbonyl (C=O) groups is 3. The molecule has 0 radical (unpaired) electrons. The van der Waals surface area contributed by atoms with E-state index in [0.717, 1.165) is 0 Å². The highest BCUT2D eigenvalue weighted by molar-refractivity contribution is 6.87. The van der Waals surface area contributed by atoms with Crippen molar-refractivity contribution in [3.05, 3.63) is 86.4 Å². The van der Waals surface area contributed by atoms with Gasteiger partial charge < -0.3 is 13.7 Å². The standard InChI is InChI=1S/C21H9B3Cl6O6/c25-16-7-10(1-4-13(16)19(28)31)22-34-23(11-2-5-14(20(29)32)17(26)8-11)36-24(35-22)12-3-6-15(21(30)33)18(27)9-12/h1-9H. The minimum atomic E-state index is -1.04. The molecule has 1 heterocycles. The van der Waals surface area contributed by atoms with Crippen molar-refractivity contribution in [2.75, 3.05) is 0 Å². The predicted molar refractivity (Wildman–Crippen MR) is 144 cm³/mol. The number of carbonyl (C=O) groups excluding carboxylic acids is 3. The van der Waals surface area contributed by atoms with Crippen LogP contribution in [0.5, 0.6) is 0 Å². The number of halogens is 6. The first kappa shape index (κ1) is 27.5. The molecule has 1 aliphatic rings. The lowest BCUT2D eigenvalue weighted by Crippen LogP contribution is -2.61. The molecule has 1 saturated heterocycles. The zero-order valence-electron chi connectivity index (χ0n) is 17.6. The Balaban J connectivity index is 1.73. The molecule has 0 aliphatic carbocycles. The van der Waals surface area contributed by atoms with Crippen molar-refractivity contribution < 1.29 is 28.1 Å². The van der Waals surface area contributed by atoms with E-state index in [9.17, 15) is 14.4 Å². The Morgan fingerprint density at radius 2 is 0.750 bits per heavy atom. The summed E-state index contributed by atoms with van der Waals surface area (Å²) in [6.45, 7) is 0. The van der Waals surface area contributed by atoms with Gasteiger partial charge in [0.05, 0.1) is 31.8 Å². The van der Waals surface area contributed by atoms with Gasteiger partial charge in [-0.15, -0.1) is 0 Å². The lowest BCUT2D eigenvalue weighted by Gasteiger charge is -2.32. The lowest BCUT2D eigenvalue weighted by molar-refractivity contribution is 0.107. The van der Waals surface area contributed by atoms with Crippen LogP contribution >= 0.6 is 69.6 Å². The molecule has 3 aromatic rings. The molecule has 0 unspecified atom stereocenters. The molecule has 36 heavy (non-hydrogen) atoms. The van der Waals surface area contributed by atoms with Gasteiger partial charge in [0, 0.05) is 0 Å². The Morgan fingerprint density at radius 1 is 0.500 bits per heavy atom. The maximum atomic E-state index is 11.5. The molecule has 0 amide bonds. The van der Waals surface area contributed by atoms with Crippen LogP contribution in [0.2, 0.25) is 15.1 Å². The molecule has 4 rings (SSSR count). The quantitative estimate of drug-likeness (QED) is 0.309. The van der Waals surface area contributed by atoms with Gasteiger partial charge in [-0.25, -0.2) is 0 Å². The minimum Gasteiger partial charge on any atom is -0.445 e. The number of hydrogen-bond acceptors (Lipinski definition) is 6. The van der Waals surface area contributed by atoms with Gasteiger partial charge in [-0.1, -0.05) is 53.0 Å². The first-order valence-electron chi connectivity index (χ1n) is 9.99. The first-order chi connectivity index (χ1) is 17.0. The molecular formula is C21H9B3Cl6O6. The predicted octanol–water partition coefficient (Wildman–Crippen LogP) is 4.33. The van der Waals surface area contributed by atoms with Crippen molar-refractivity contribution in [3.63, 3.8) is 0 Å². The summed E-state index contributed by atoms with van der Waals surface area (Å²) in [6.07, 6.45) is 0. The summed E-state index contributed by atoms with van der Waals surface area (Å²) in [6, 6.07) is 13.4. The molecule has 0 saturated carbocycles. The fourth-order valence-corrected chi connectivity index (χ4v) is 4.88. The van der Waals surface area contributed by atoms with Crippen molar-refractivity contribution in [3.8, 4) is 0 Å². The topological polar surface area (TPSA) is 78.9 Å². The Kier molecular flexibility index (Phi) is 8.77. The second kappa shape index (κ2) is 11.5. The maximum absolute atomic E-state index is 11.5. The summed E-state index contributed by atoms with van der Waals surface area (Å²) in [5.74, 6) is 0. The third-order valence-electron chi connectivity index (χ3n) is 5.17. The normalized spacial score (nSPS) is 13.7. The molecule has 0 bridgehead atoms. The third kappa shape index (κ3) is 5.96. The number of hydrogen-bond donors (Lipinski definition) is 0. The lowest BCUT2D eigenvalue weighted by atomic mass is 9.61. The first-order valence-corrected chi connectivity index (χ1v) is 12.3. The number of benzene rings is 3. The highest BCUT2D eigenvalue weighted by atomic mass is 35.5. The molecule has 0 N–H and O–H groups in total. The van der Waals surface area contributed by atoms with Crippen molar-refractivity contribution >= 4 is 123 Å². The van der Waals surface area contributed by atoms with E-state index in [-0.39, 0.29) is 31.8 Å². The molecular weight excluding hydrogens is 593 g/mol. The van der Waals surface area contributed by atoms with Crippen molar-refractivity contribution in [2.24, 2.45) is 0 Å². The van der Waals surface area contributed by atoms with Crippen molar-refractivity contribution in [2.45, 2.75) is 0 Å². The van der Waals surface area contributed by atoms with Crippen molar-refractivity contribution in [1.82, 2.24) is 0 Å². The van der Waals surface area contributed by atoms with E-state index < -0.39 is 37.1 Å². The maximum Gasteiger partial charge on any atom is 0.467 e. The van der Waals surface area contributed by atoms with Crippen LogP contribution in [0.15, 0.2) is 54.6 Å². The van der Waals surface area contributed by atoms with E-state index in [4.69, 9.17) is 83.3 Å². The molecule has 0 aromatic heterocycles. The Morgan fingerprint density at radius 3 is 0.944 bits per heavy atom. The van der Waals surface area contributed by atoms with Gasteiger partial charge in [0.15, 0.2) is 0 Å². The average Bonchev–Trinajstić information content (AvgIpc) is 2.82. The molecule has 6 nitrogen and oxygen atoms in total. The van der Waals surface area contributed by atoms with Crippen LogP contribution in [0.1, 0.15) is 31.1 Å². The van der Waals surface area contributed by atoms with Gasteiger partial charge in [0.2, 0.25) is 0 Å². The van der Waals surface area contributed by atoms with E-state index in [2.05, 4.69) is 0 Å². The van der Waals surface area contributed by atoms with Crippen LogP contribution in [0.4, 0.5) is 0 Å². The van der Waals surface area contributed by atoms with Crippen LogP contribution in [0, 0.1) is 0 Å². The van der Waals surface area contributed by atoms with Crippen molar-refractivity contribution in [1.29, 1.82) is 0 Å². The van der Waals surface area contributed by atoms with E-state index in [0.29, 0.717) is 16.4 Å². The molecule has 180 valence electrons. The summed E-state index contributed by atoms with van der Waals surface area (Å²) >= 11 is 35.3. The van der Waals surface area contributed by atoms with Crippen LogP contribution < -0.4 is 16.4 Å². The van der Waals surface area contributed by atoms with E-state index in [1.807, 2.05) is 0 Å². The minimum absolute atomic E-state index is 0.0975. The van der Waals surface area contributed by atoms with Gasteiger partial charge in [0.25, 0.3) is 15.7 Å². The Bertz CT molecular complexity index is 1220. The van der Waals surface area contributed by atoms with E-state index in [1.165, 1.54) is 36.4 Å². The highest BCUT2D eigenvalue weighted by Gasteiger charge is 2.44. The average molecular weight is 602 g/mol. The van der Waals surface area contributed by atoms with Gasteiger partial charge in [-0.2, -0.15) is 0 Å². The van der Waals surface area contributed by atoms with Gasteiger partial charge in [-0.3, -0.25) is 14.4 Å². The fraction of sp³-hybridized carbons (Fsp3) is 0. The second-order valence-electron chi connectivity index (χ2n) is 7.44. The fourth-order valence-electron chi connectivity index (χ4n) is 3.42. The van der Waals surface area contributed by atoms with Crippen LogP contribution in [-0.2, 0) is 13.7 Å². The van der Waals surface area contributed by atoms with Gasteiger partial charge in [0.1, 0.15) is 0 Å². The summed E-state index contributed by atoms with van der Waals surface area (Å²) in [7, 11) is -3.11. The molecule has 0 atom stereocenters. The Labute approximate surface area is 236 Å². The van der Waals surface area contributed by atoms with Crippen LogP contribution in [0.3, 0.4) is 0 Å². The molecule has 1 fully saturated rings. The molecule has 15 heteroatoms.